The van der Waals surface area contributed by atoms with Gasteiger partial charge in [0.2, 0.25) is 10.0 Å². The number of hydrogen-bond donors (Lipinski definition) is 3. The zero-order valence-electron chi connectivity index (χ0n) is 19.3. The van der Waals surface area contributed by atoms with Gasteiger partial charge in [0.25, 0.3) is 0 Å². The Balaban J connectivity index is 1.59. The number of hydrogen-bond acceptors (Lipinski definition) is 5. The van der Waals surface area contributed by atoms with E-state index in [1.54, 1.807) is 59.2 Å². The first kappa shape index (κ1) is 23.5. The minimum Gasteiger partial charge on any atom is -0.477 e. The van der Waals surface area contributed by atoms with Gasteiger partial charge in [-0.25, -0.2) is 18.2 Å². The SMILES string of the molecule is NCc1ccc2cc(C(=O)O)n(Cc3cc(NS(=O)(=O)Cc4ccccc4)cc4ccccc34)c2n1. The highest BCUT2D eigenvalue weighted by molar-refractivity contribution is 7.91. The van der Waals surface area contributed by atoms with Crippen LogP contribution in [0.4, 0.5) is 5.69 Å². The van der Waals surface area contributed by atoms with Crippen LogP contribution in [0, 0.1) is 0 Å². The van der Waals surface area contributed by atoms with Gasteiger partial charge in [-0.1, -0.05) is 54.6 Å². The van der Waals surface area contributed by atoms with Gasteiger partial charge in [0.15, 0.2) is 0 Å². The lowest BCUT2D eigenvalue weighted by molar-refractivity contribution is 0.0686. The van der Waals surface area contributed by atoms with Gasteiger partial charge >= 0.3 is 5.97 Å². The Morgan fingerprint density at radius 2 is 1.69 bits per heavy atom. The molecular formula is C27H24N4O4S. The van der Waals surface area contributed by atoms with E-state index in [9.17, 15) is 18.3 Å². The molecule has 0 spiro atoms. The number of benzene rings is 3. The van der Waals surface area contributed by atoms with Gasteiger partial charge in [0.05, 0.1) is 18.0 Å². The molecule has 0 aliphatic heterocycles. The molecule has 0 radical (unpaired) electrons. The van der Waals surface area contributed by atoms with Crippen molar-refractivity contribution in [2.45, 2.75) is 18.8 Å². The number of fused-ring (bicyclic) bond motifs is 2. The Bertz CT molecular complexity index is 1700. The average molecular weight is 501 g/mol. The van der Waals surface area contributed by atoms with Crippen LogP contribution in [0.25, 0.3) is 21.8 Å². The number of carboxylic acid groups (broad SMARTS) is 1. The van der Waals surface area contributed by atoms with Gasteiger partial charge in [-0.05, 0) is 52.2 Å². The lowest BCUT2D eigenvalue weighted by Gasteiger charge is -2.15. The lowest BCUT2D eigenvalue weighted by Crippen LogP contribution is -2.16. The molecule has 0 saturated carbocycles. The maximum absolute atomic E-state index is 12.9. The van der Waals surface area contributed by atoms with Gasteiger partial charge < -0.3 is 15.4 Å². The van der Waals surface area contributed by atoms with E-state index in [-0.39, 0.29) is 24.5 Å². The van der Waals surface area contributed by atoms with Crippen LogP contribution < -0.4 is 10.5 Å². The molecule has 0 aliphatic rings. The van der Waals surface area contributed by atoms with Crippen molar-refractivity contribution < 1.29 is 18.3 Å². The summed E-state index contributed by atoms with van der Waals surface area (Å²) in [6.07, 6.45) is 0. The maximum atomic E-state index is 12.9. The quantitative estimate of drug-likeness (QED) is 0.291. The van der Waals surface area contributed by atoms with E-state index in [0.29, 0.717) is 28.0 Å². The first-order valence-corrected chi connectivity index (χ1v) is 13.0. The number of carboxylic acids is 1. The molecule has 0 atom stereocenters. The summed E-state index contributed by atoms with van der Waals surface area (Å²) in [5, 5.41) is 12.3. The fourth-order valence-corrected chi connectivity index (χ4v) is 5.56. The number of rotatable bonds is 8. The zero-order valence-corrected chi connectivity index (χ0v) is 20.1. The molecule has 0 amide bonds. The number of aromatic carboxylic acids is 1. The van der Waals surface area contributed by atoms with Crippen molar-refractivity contribution in [3.63, 3.8) is 0 Å². The number of anilines is 1. The molecule has 2 aromatic heterocycles. The van der Waals surface area contributed by atoms with Gasteiger partial charge in [0, 0.05) is 17.6 Å². The van der Waals surface area contributed by atoms with Gasteiger partial charge in [-0.3, -0.25) is 4.72 Å². The topological polar surface area (TPSA) is 127 Å². The van der Waals surface area contributed by atoms with Crippen molar-refractivity contribution in [1.82, 2.24) is 9.55 Å². The van der Waals surface area contributed by atoms with Crippen molar-refractivity contribution >= 4 is 43.5 Å². The van der Waals surface area contributed by atoms with Crippen LogP contribution in [0.15, 0.2) is 84.9 Å². The Labute approximate surface area is 208 Å². The smallest absolute Gasteiger partial charge is 0.352 e. The van der Waals surface area contributed by atoms with Crippen molar-refractivity contribution in [3.05, 3.63) is 107 Å². The third-order valence-electron chi connectivity index (χ3n) is 5.98. The molecule has 5 rings (SSSR count). The van der Waals surface area contributed by atoms with Crippen LogP contribution >= 0.6 is 0 Å². The summed E-state index contributed by atoms with van der Waals surface area (Å²) in [4.78, 5) is 16.6. The Hall–Kier alpha value is -4.21. The Morgan fingerprint density at radius 1 is 0.944 bits per heavy atom. The number of nitrogens with zero attached hydrogens (tertiary/aromatic N) is 2. The van der Waals surface area contributed by atoms with Crippen LogP contribution in [0.5, 0.6) is 0 Å². The molecule has 182 valence electrons. The predicted octanol–water partition coefficient (Wildman–Crippen LogP) is 4.34. The number of sulfonamides is 1. The molecule has 0 saturated heterocycles. The number of aromatic nitrogens is 2. The second-order valence-electron chi connectivity index (χ2n) is 8.54. The first-order chi connectivity index (χ1) is 17.3. The summed E-state index contributed by atoms with van der Waals surface area (Å²) >= 11 is 0. The van der Waals surface area contributed by atoms with E-state index in [1.807, 2.05) is 30.3 Å². The summed E-state index contributed by atoms with van der Waals surface area (Å²) in [6, 6.07) is 25.2. The minimum atomic E-state index is -3.68. The summed E-state index contributed by atoms with van der Waals surface area (Å²) < 4.78 is 30.1. The largest absolute Gasteiger partial charge is 0.477 e. The number of nitrogens with one attached hydrogen (secondary N) is 1. The van der Waals surface area contributed by atoms with Crippen LogP contribution in [0.1, 0.15) is 27.3 Å². The van der Waals surface area contributed by atoms with Crippen molar-refractivity contribution in [2.75, 3.05) is 4.72 Å². The molecule has 36 heavy (non-hydrogen) atoms. The molecular weight excluding hydrogens is 476 g/mol. The molecule has 0 fully saturated rings. The third-order valence-corrected chi connectivity index (χ3v) is 7.24. The van der Waals surface area contributed by atoms with Crippen molar-refractivity contribution in [3.8, 4) is 0 Å². The van der Waals surface area contributed by atoms with E-state index in [2.05, 4.69) is 9.71 Å². The summed E-state index contributed by atoms with van der Waals surface area (Å²) in [5.41, 5.74) is 8.85. The van der Waals surface area contributed by atoms with Crippen molar-refractivity contribution in [1.29, 1.82) is 0 Å². The van der Waals surface area contributed by atoms with Gasteiger partial charge in [0.1, 0.15) is 11.3 Å². The molecule has 2 heterocycles. The predicted molar refractivity (Wildman–Crippen MR) is 140 cm³/mol. The Kier molecular flexibility index (Phi) is 6.17. The molecule has 0 aliphatic carbocycles. The van der Waals surface area contributed by atoms with E-state index < -0.39 is 16.0 Å². The molecule has 0 bridgehead atoms. The molecule has 9 heteroatoms. The molecule has 3 aromatic carbocycles. The molecule has 5 aromatic rings. The first-order valence-electron chi connectivity index (χ1n) is 11.3. The number of pyridine rings is 1. The maximum Gasteiger partial charge on any atom is 0.352 e. The van der Waals surface area contributed by atoms with Crippen LogP contribution in [0.3, 0.4) is 0 Å². The standard InChI is InChI=1S/C27H24N4O4S/c28-15-22-11-10-20-14-25(27(32)33)31(26(20)29-22)16-21-13-23(12-19-8-4-5-9-24(19)21)30-36(34,35)17-18-6-2-1-3-7-18/h1-14,30H,15-17,28H2,(H,32,33). The fourth-order valence-electron chi connectivity index (χ4n) is 4.38. The number of carbonyl (C=O) groups is 1. The highest BCUT2D eigenvalue weighted by Crippen LogP contribution is 2.28. The fraction of sp³-hybridized carbons (Fsp3) is 0.111. The molecule has 8 nitrogen and oxygen atoms in total. The lowest BCUT2D eigenvalue weighted by atomic mass is 10.0. The molecule has 4 N–H and O–H groups in total. The van der Waals surface area contributed by atoms with Crippen molar-refractivity contribution in [2.24, 2.45) is 5.73 Å². The minimum absolute atomic E-state index is 0.0887. The highest BCUT2D eigenvalue weighted by Gasteiger charge is 2.19. The van der Waals surface area contributed by atoms with Crippen LogP contribution in [0.2, 0.25) is 0 Å². The van der Waals surface area contributed by atoms with E-state index >= 15 is 0 Å². The second kappa shape index (κ2) is 9.44. The van der Waals surface area contributed by atoms with E-state index in [4.69, 9.17) is 5.73 Å². The third kappa shape index (κ3) is 4.79. The summed E-state index contributed by atoms with van der Waals surface area (Å²) in [6.45, 7) is 0.409. The molecule has 0 unspecified atom stereocenters. The Morgan fingerprint density at radius 3 is 2.44 bits per heavy atom. The van der Waals surface area contributed by atoms with Crippen LogP contribution in [-0.2, 0) is 28.9 Å². The van der Waals surface area contributed by atoms with Gasteiger partial charge in [-0.15, -0.1) is 0 Å². The van der Waals surface area contributed by atoms with E-state index in [0.717, 1.165) is 16.3 Å². The summed E-state index contributed by atoms with van der Waals surface area (Å²) in [5.74, 6) is -1.24. The zero-order chi connectivity index (χ0) is 25.3. The van der Waals surface area contributed by atoms with Crippen LogP contribution in [-0.4, -0.2) is 29.0 Å². The highest BCUT2D eigenvalue weighted by atomic mass is 32.2. The monoisotopic (exact) mass is 500 g/mol. The van der Waals surface area contributed by atoms with Gasteiger partial charge in [-0.2, -0.15) is 0 Å². The second-order valence-corrected chi connectivity index (χ2v) is 10.3. The summed E-state index contributed by atoms with van der Waals surface area (Å²) in [7, 11) is -3.68. The normalized spacial score (nSPS) is 11.7. The van der Waals surface area contributed by atoms with E-state index in [1.165, 1.54) is 0 Å². The average Bonchev–Trinajstić information content (AvgIpc) is 3.22. The number of nitrogens with two attached hydrogens (primary N) is 1.